The molecule has 0 heterocycles. The second-order valence-electron chi connectivity index (χ2n) is 2.50. The topological polar surface area (TPSA) is 26.0 Å². The van der Waals surface area contributed by atoms with E-state index < -0.39 is 0 Å². The minimum atomic E-state index is 0. The maximum atomic E-state index is 5.81. The number of rotatable bonds is 3. The van der Waals surface area contributed by atoms with Gasteiger partial charge >= 0.3 is 0 Å². The third kappa shape index (κ3) is 3.33. The Bertz CT molecular complexity index is 83.1. The van der Waals surface area contributed by atoms with Crippen LogP contribution in [-0.4, -0.2) is 17.0 Å². The smallest absolute Gasteiger partial charge is 0.0247 e. The molecule has 1 saturated carbocycles. The summed E-state index contributed by atoms with van der Waals surface area (Å²) in [5.41, 5.74) is 6.08. The molecule has 9 heavy (non-hydrogen) atoms. The van der Waals surface area contributed by atoms with Crippen molar-refractivity contribution in [3.63, 3.8) is 0 Å². The van der Waals surface area contributed by atoms with Crippen molar-refractivity contribution in [2.24, 2.45) is 5.73 Å². The van der Waals surface area contributed by atoms with Crippen LogP contribution in [-0.2, 0) is 0 Å². The maximum Gasteiger partial charge on any atom is 0.0247 e. The van der Waals surface area contributed by atoms with Gasteiger partial charge in [-0.25, -0.2) is 0 Å². The van der Waals surface area contributed by atoms with Crippen molar-refractivity contribution in [3.05, 3.63) is 0 Å². The number of hydrogen-bond donors (Lipinski definition) is 1. The Labute approximate surface area is 67.2 Å². The number of hydrogen-bond acceptors (Lipinski definition) is 2. The van der Waals surface area contributed by atoms with Gasteiger partial charge in [0.15, 0.2) is 0 Å². The van der Waals surface area contributed by atoms with Crippen LogP contribution in [0.25, 0.3) is 0 Å². The van der Waals surface area contributed by atoms with E-state index in [0.717, 1.165) is 0 Å². The predicted molar refractivity (Wildman–Crippen MR) is 46.4 cm³/mol. The Kier molecular flexibility index (Phi) is 3.94. The third-order valence-electron chi connectivity index (χ3n) is 1.49. The predicted octanol–water partition coefficient (Wildman–Crippen LogP) is 1.65. The van der Waals surface area contributed by atoms with Gasteiger partial charge in [0.2, 0.25) is 0 Å². The zero-order valence-corrected chi connectivity index (χ0v) is 7.36. The van der Waals surface area contributed by atoms with Gasteiger partial charge in [0.1, 0.15) is 0 Å². The van der Waals surface area contributed by atoms with Crippen LogP contribution in [0, 0.1) is 0 Å². The standard InChI is InChI=1S/C6H13NS.ClH/c1-2-8-5-6(7)3-4-6;/h2-5,7H2,1H3;1H. The lowest BCUT2D eigenvalue weighted by molar-refractivity contribution is 0.776. The summed E-state index contributed by atoms with van der Waals surface area (Å²) in [5, 5.41) is 0. The first-order valence-corrected chi connectivity index (χ1v) is 4.29. The van der Waals surface area contributed by atoms with E-state index in [0.29, 0.717) is 0 Å². The van der Waals surface area contributed by atoms with Gasteiger partial charge in [0.25, 0.3) is 0 Å². The second kappa shape index (κ2) is 3.69. The Morgan fingerprint density at radius 3 is 2.44 bits per heavy atom. The molecule has 1 fully saturated rings. The van der Waals surface area contributed by atoms with Crippen LogP contribution in [0.15, 0.2) is 0 Å². The molecule has 1 aliphatic carbocycles. The number of halogens is 1. The van der Waals surface area contributed by atoms with E-state index in [1.165, 1.54) is 24.3 Å². The van der Waals surface area contributed by atoms with E-state index in [4.69, 9.17) is 5.73 Å². The largest absolute Gasteiger partial charge is 0.324 e. The normalized spacial score (nSPS) is 20.7. The van der Waals surface area contributed by atoms with Crippen LogP contribution in [0.4, 0.5) is 0 Å². The van der Waals surface area contributed by atoms with Gasteiger partial charge < -0.3 is 5.73 Å². The number of nitrogens with two attached hydrogens (primary N) is 1. The summed E-state index contributed by atoms with van der Waals surface area (Å²) < 4.78 is 0. The Morgan fingerprint density at radius 1 is 1.56 bits per heavy atom. The van der Waals surface area contributed by atoms with Gasteiger partial charge in [-0.3, -0.25) is 0 Å². The summed E-state index contributed by atoms with van der Waals surface area (Å²) in [6.45, 7) is 2.18. The highest BCUT2D eigenvalue weighted by molar-refractivity contribution is 7.99. The molecule has 1 aliphatic rings. The highest BCUT2D eigenvalue weighted by Crippen LogP contribution is 2.34. The summed E-state index contributed by atoms with van der Waals surface area (Å²) in [7, 11) is 0. The minimum Gasteiger partial charge on any atom is -0.324 e. The van der Waals surface area contributed by atoms with Crippen molar-refractivity contribution in [3.8, 4) is 0 Å². The van der Waals surface area contributed by atoms with Crippen molar-refractivity contribution < 1.29 is 0 Å². The summed E-state index contributed by atoms with van der Waals surface area (Å²) >= 11 is 1.95. The molecule has 3 heteroatoms. The Hall–Kier alpha value is 0.600. The molecule has 0 saturated heterocycles. The molecule has 0 bridgehead atoms. The first-order chi connectivity index (χ1) is 3.77. The highest BCUT2D eigenvalue weighted by Gasteiger charge is 2.37. The average molecular weight is 168 g/mol. The monoisotopic (exact) mass is 167 g/mol. The molecule has 2 N–H and O–H groups in total. The fraction of sp³-hybridized carbons (Fsp3) is 1.00. The molecule has 0 amide bonds. The molecule has 0 spiro atoms. The fourth-order valence-electron chi connectivity index (χ4n) is 0.610. The molecule has 0 aromatic carbocycles. The lowest BCUT2D eigenvalue weighted by atomic mass is 10.4. The van der Waals surface area contributed by atoms with E-state index in [2.05, 4.69) is 6.92 Å². The molecule has 0 unspecified atom stereocenters. The van der Waals surface area contributed by atoms with Crippen molar-refractivity contribution in [2.75, 3.05) is 11.5 Å². The van der Waals surface area contributed by atoms with Gasteiger partial charge in [-0.1, -0.05) is 6.92 Å². The molecule has 0 atom stereocenters. The second-order valence-corrected chi connectivity index (χ2v) is 3.77. The van der Waals surface area contributed by atoms with Crippen LogP contribution in [0.1, 0.15) is 19.8 Å². The first kappa shape index (κ1) is 9.60. The molecule has 1 rings (SSSR count). The van der Waals surface area contributed by atoms with Crippen LogP contribution in [0.3, 0.4) is 0 Å². The van der Waals surface area contributed by atoms with E-state index in [-0.39, 0.29) is 17.9 Å². The van der Waals surface area contributed by atoms with Crippen LogP contribution in [0.5, 0.6) is 0 Å². The zero-order valence-electron chi connectivity index (χ0n) is 5.72. The molecule has 0 aliphatic heterocycles. The molecule has 0 aromatic rings. The molecular formula is C6H14ClNS. The molecule has 0 radical (unpaired) electrons. The summed E-state index contributed by atoms with van der Waals surface area (Å²) in [6, 6.07) is 0. The highest BCUT2D eigenvalue weighted by atomic mass is 35.5. The van der Waals surface area contributed by atoms with Crippen molar-refractivity contribution in [1.82, 2.24) is 0 Å². The average Bonchev–Trinajstić information content (AvgIpc) is 2.45. The van der Waals surface area contributed by atoms with Gasteiger partial charge in [-0.05, 0) is 18.6 Å². The third-order valence-corrected chi connectivity index (χ3v) is 2.67. The lowest BCUT2D eigenvalue weighted by Crippen LogP contribution is -2.24. The molecule has 1 nitrogen and oxygen atoms in total. The summed E-state index contributed by atoms with van der Waals surface area (Å²) in [6.07, 6.45) is 2.50. The zero-order chi connectivity index (χ0) is 6.04. The molecule has 56 valence electrons. The Morgan fingerprint density at radius 2 is 2.11 bits per heavy atom. The molecule has 0 aromatic heterocycles. The number of thioether (sulfide) groups is 1. The lowest BCUT2D eigenvalue weighted by Gasteiger charge is -2.04. The van der Waals surface area contributed by atoms with E-state index in [1.54, 1.807) is 0 Å². The first-order valence-electron chi connectivity index (χ1n) is 3.13. The van der Waals surface area contributed by atoms with Crippen LogP contribution >= 0.6 is 24.2 Å². The maximum absolute atomic E-state index is 5.81. The Balaban J connectivity index is 0.000000640. The van der Waals surface area contributed by atoms with Crippen molar-refractivity contribution in [1.29, 1.82) is 0 Å². The quantitative estimate of drug-likeness (QED) is 0.692. The fourth-order valence-corrected chi connectivity index (χ4v) is 1.51. The minimum absolute atomic E-state index is 0. The molecular weight excluding hydrogens is 154 g/mol. The van der Waals surface area contributed by atoms with Crippen molar-refractivity contribution >= 4 is 24.2 Å². The van der Waals surface area contributed by atoms with Crippen LogP contribution in [0.2, 0.25) is 0 Å². The van der Waals surface area contributed by atoms with Gasteiger partial charge in [0.05, 0.1) is 0 Å². The van der Waals surface area contributed by atoms with Gasteiger partial charge in [-0.15, -0.1) is 12.4 Å². The SMILES string of the molecule is CCSCC1(N)CC1.Cl. The van der Waals surface area contributed by atoms with Crippen LogP contribution < -0.4 is 5.73 Å². The van der Waals surface area contributed by atoms with Gasteiger partial charge in [-0.2, -0.15) is 11.8 Å². The van der Waals surface area contributed by atoms with E-state index in [1.807, 2.05) is 11.8 Å². The summed E-state index contributed by atoms with van der Waals surface area (Å²) in [5.74, 6) is 2.38. The van der Waals surface area contributed by atoms with E-state index >= 15 is 0 Å². The summed E-state index contributed by atoms with van der Waals surface area (Å²) in [4.78, 5) is 0. The van der Waals surface area contributed by atoms with E-state index in [9.17, 15) is 0 Å². The van der Waals surface area contributed by atoms with Gasteiger partial charge in [0, 0.05) is 11.3 Å². The van der Waals surface area contributed by atoms with Crippen molar-refractivity contribution in [2.45, 2.75) is 25.3 Å².